The molecular formula is C23H33F3N4O2. The molecule has 1 aromatic rings. The van der Waals surface area contributed by atoms with Gasteiger partial charge in [0.25, 0.3) is 0 Å². The minimum atomic E-state index is -4.44. The molecular weight excluding hydrogens is 421 g/mol. The Morgan fingerprint density at radius 1 is 0.875 bits per heavy atom. The summed E-state index contributed by atoms with van der Waals surface area (Å²) in [6.07, 6.45) is -4.44. The van der Waals surface area contributed by atoms with E-state index in [9.17, 15) is 22.8 Å². The molecule has 2 fully saturated rings. The zero-order chi connectivity index (χ0) is 23.7. The van der Waals surface area contributed by atoms with Gasteiger partial charge in [-0.25, -0.2) is 0 Å². The third-order valence-corrected chi connectivity index (χ3v) is 6.32. The van der Waals surface area contributed by atoms with Gasteiger partial charge in [-0.15, -0.1) is 0 Å². The Morgan fingerprint density at radius 2 is 1.44 bits per heavy atom. The van der Waals surface area contributed by atoms with Crippen LogP contribution in [0, 0.1) is 0 Å². The van der Waals surface area contributed by atoms with Crippen molar-refractivity contribution in [3.8, 4) is 0 Å². The van der Waals surface area contributed by atoms with E-state index in [0.29, 0.717) is 57.9 Å². The number of carbonyl (C=O) groups is 2. The van der Waals surface area contributed by atoms with Crippen LogP contribution in [0.4, 0.5) is 18.9 Å². The van der Waals surface area contributed by atoms with Crippen LogP contribution in [-0.4, -0.2) is 85.4 Å². The van der Waals surface area contributed by atoms with Gasteiger partial charge < -0.3 is 14.7 Å². The quantitative estimate of drug-likeness (QED) is 0.705. The van der Waals surface area contributed by atoms with Gasteiger partial charge in [-0.3, -0.25) is 14.5 Å². The first-order valence-corrected chi connectivity index (χ1v) is 11.1. The Kier molecular flexibility index (Phi) is 7.07. The van der Waals surface area contributed by atoms with Gasteiger partial charge in [0.15, 0.2) is 0 Å². The van der Waals surface area contributed by atoms with Crippen LogP contribution in [0.25, 0.3) is 0 Å². The first-order chi connectivity index (χ1) is 14.9. The van der Waals surface area contributed by atoms with Crippen molar-refractivity contribution in [2.45, 2.75) is 39.3 Å². The maximum absolute atomic E-state index is 13.8. The van der Waals surface area contributed by atoms with E-state index in [-0.39, 0.29) is 29.5 Å². The van der Waals surface area contributed by atoms with Gasteiger partial charge in [-0.05, 0) is 23.1 Å². The Hall–Kier alpha value is -2.29. The van der Waals surface area contributed by atoms with E-state index in [0.717, 1.165) is 0 Å². The molecule has 2 saturated heterocycles. The third kappa shape index (κ3) is 5.74. The zero-order valence-electron chi connectivity index (χ0n) is 19.3. The molecule has 0 unspecified atom stereocenters. The fourth-order valence-electron chi connectivity index (χ4n) is 4.21. The molecule has 2 amide bonds. The summed E-state index contributed by atoms with van der Waals surface area (Å²) in [5, 5.41) is 0. The fourth-order valence-corrected chi connectivity index (χ4v) is 4.21. The third-order valence-electron chi connectivity index (χ3n) is 6.32. The molecule has 0 spiro atoms. The number of piperazine rings is 2. The molecule has 0 aromatic heterocycles. The number of halogens is 3. The lowest BCUT2D eigenvalue weighted by molar-refractivity contribution is -0.138. The van der Waals surface area contributed by atoms with Gasteiger partial charge >= 0.3 is 6.18 Å². The maximum Gasteiger partial charge on any atom is 0.418 e. The molecule has 3 rings (SSSR count). The highest BCUT2D eigenvalue weighted by Crippen LogP contribution is 2.39. The van der Waals surface area contributed by atoms with E-state index in [2.05, 4.69) is 0 Å². The van der Waals surface area contributed by atoms with Crippen molar-refractivity contribution in [1.82, 2.24) is 14.7 Å². The van der Waals surface area contributed by atoms with Crippen LogP contribution in [-0.2, 0) is 21.2 Å². The van der Waals surface area contributed by atoms with Crippen molar-refractivity contribution < 1.29 is 22.8 Å². The fraction of sp³-hybridized carbons (Fsp3) is 0.652. The summed E-state index contributed by atoms with van der Waals surface area (Å²) in [6, 6.07) is 4.59. The standard InChI is InChI=1S/C23H33F3N4O2/c1-17(31)28-9-7-27(8-10-28)16-21(32)30-13-11-29(12-14-30)20-6-5-18(22(2,3)4)15-19(20)23(24,25)26/h5-6,15H,7-14,16H2,1-4H3. The molecule has 0 atom stereocenters. The number of alkyl halides is 3. The number of benzene rings is 1. The highest BCUT2D eigenvalue weighted by Gasteiger charge is 2.37. The first kappa shape index (κ1) is 24.4. The molecule has 0 aliphatic carbocycles. The number of nitrogens with zero attached hydrogens (tertiary/aromatic N) is 4. The normalized spacial score (nSPS) is 18.8. The molecule has 0 saturated carbocycles. The number of carbonyl (C=O) groups excluding carboxylic acids is 2. The Labute approximate surface area is 187 Å². The smallest absolute Gasteiger partial charge is 0.367 e. The van der Waals surface area contributed by atoms with E-state index in [1.165, 1.54) is 6.07 Å². The van der Waals surface area contributed by atoms with Gasteiger partial charge in [0.1, 0.15) is 0 Å². The van der Waals surface area contributed by atoms with E-state index in [1.54, 1.807) is 33.8 Å². The molecule has 2 aliphatic heterocycles. The number of anilines is 1. The summed E-state index contributed by atoms with van der Waals surface area (Å²) in [5.41, 5.74) is -0.169. The molecule has 0 bridgehead atoms. The summed E-state index contributed by atoms with van der Waals surface area (Å²) in [4.78, 5) is 31.4. The van der Waals surface area contributed by atoms with Crippen LogP contribution >= 0.6 is 0 Å². The Bertz CT molecular complexity index is 835. The molecule has 2 aliphatic rings. The lowest BCUT2D eigenvalue weighted by Gasteiger charge is -2.39. The second-order valence-electron chi connectivity index (χ2n) is 9.63. The number of amides is 2. The second kappa shape index (κ2) is 9.29. The van der Waals surface area contributed by atoms with E-state index < -0.39 is 11.7 Å². The lowest BCUT2D eigenvalue weighted by atomic mass is 9.85. The van der Waals surface area contributed by atoms with Crippen LogP contribution in [0.2, 0.25) is 0 Å². The van der Waals surface area contributed by atoms with Crippen LogP contribution in [0.5, 0.6) is 0 Å². The molecule has 6 nitrogen and oxygen atoms in total. The monoisotopic (exact) mass is 454 g/mol. The maximum atomic E-state index is 13.8. The van der Waals surface area contributed by atoms with Crippen molar-refractivity contribution in [1.29, 1.82) is 0 Å². The summed E-state index contributed by atoms with van der Waals surface area (Å²) in [5.74, 6) is 0.0286. The van der Waals surface area contributed by atoms with Crippen molar-refractivity contribution in [3.63, 3.8) is 0 Å². The largest absolute Gasteiger partial charge is 0.418 e. The van der Waals surface area contributed by atoms with Gasteiger partial charge in [0.05, 0.1) is 12.1 Å². The minimum Gasteiger partial charge on any atom is -0.367 e. The molecule has 178 valence electrons. The van der Waals surface area contributed by atoms with Gasteiger partial charge in [0.2, 0.25) is 11.8 Å². The number of hydrogen-bond donors (Lipinski definition) is 0. The van der Waals surface area contributed by atoms with Crippen LogP contribution in [0.3, 0.4) is 0 Å². The summed E-state index contributed by atoms with van der Waals surface area (Å²) < 4.78 is 41.4. The number of rotatable bonds is 3. The van der Waals surface area contributed by atoms with Gasteiger partial charge in [-0.1, -0.05) is 26.8 Å². The predicted octanol–water partition coefficient (Wildman–Crippen LogP) is 2.82. The highest BCUT2D eigenvalue weighted by atomic mass is 19.4. The molecule has 0 N–H and O–H groups in total. The second-order valence-corrected chi connectivity index (χ2v) is 9.63. The topological polar surface area (TPSA) is 47.1 Å². The Morgan fingerprint density at radius 3 is 1.94 bits per heavy atom. The van der Waals surface area contributed by atoms with Gasteiger partial charge in [0, 0.05) is 65.0 Å². The molecule has 2 heterocycles. The van der Waals surface area contributed by atoms with E-state index in [4.69, 9.17) is 0 Å². The highest BCUT2D eigenvalue weighted by molar-refractivity contribution is 5.79. The number of hydrogen-bond acceptors (Lipinski definition) is 4. The Balaban J connectivity index is 1.61. The van der Waals surface area contributed by atoms with E-state index >= 15 is 0 Å². The van der Waals surface area contributed by atoms with Gasteiger partial charge in [-0.2, -0.15) is 13.2 Å². The lowest BCUT2D eigenvalue weighted by Crippen LogP contribution is -2.54. The average molecular weight is 455 g/mol. The van der Waals surface area contributed by atoms with Crippen molar-refractivity contribution in [3.05, 3.63) is 29.3 Å². The van der Waals surface area contributed by atoms with E-state index in [1.807, 2.05) is 25.7 Å². The summed E-state index contributed by atoms with van der Waals surface area (Å²) >= 11 is 0. The minimum absolute atomic E-state index is 0.0138. The molecule has 32 heavy (non-hydrogen) atoms. The van der Waals surface area contributed by atoms with Crippen molar-refractivity contribution in [2.75, 3.05) is 63.8 Å². The van der Waals surface area contributed by atoms with Crippen molar-refractivity contribution in [2.24, 2.45) is 0 Å². The van der Waals surface area contributed by atoms with Crippen LogP contribution < -0.4 is 4.90 Å². The molecule has 9 heteroatoms. The SMILES string of the molecule is CC(=O)N1CCN(CC(=O)N2CCN(c3ccc(C(C)(C)C)cc3C(F)(F)F)CC2)CC1. The summed E-state index contributed by atoms with van der Waals surface area (Å²) in [7, 11) is 0. The predicted molar refractivity (Wildman–Crippen MR) is 118 cm³/mol. The zero-order valence-corrected chi connectivity index (χ0v) is 19.3. The first-order valence-electron chi connectivity index (χ1n) is 11.1. The van der Waals surface area contributed by atoms with Crippen molar-refractivity contribution >= 4 is 17.5 Å². The average Bonchev–Trinajstić information content (AvgIpc) is 2.72. The molecule has 1 aromatic carbocycles. The molecule has 0 radical (unpaired) electrons. The summed E-state index contributed by atoms with van der Waals surface area (Å²) in [6.45, 7) is 11.5. The van der Waals surface area contributed by atoms with Crippen LogP contribution in [0.15, 0.2) is 18.2 Å². The van der Waals surface area contributed by atoms with Crippen LogP contribution in [0.1, 0.15) is 38.8 Å².